The molecular formula is C15H18BrN3O4. The predicted octanol–water partition coefficient (Wildman–Crippen LogP) is 2.03. The van der Waals surface area contributed by atoms with E-state index in [1.54, 1.807) is 6.07 Å². The number of halogens is 1. The number of urea groups is 1. The van der Waals surface area contributed by atoms with Crippen molar-refractivity contribution in [1.29, 1.82) is 0 Å². The van der Waals surface area contributed by atoms with Gasteiger partial charge in [-0.05, 0) is 35.2 Å². The van der Waals surface area contributed by atoms with Crippen LogP contribution in [-0.2, 0) is 4.79 Å². The van der Waals surface area contributed by atoms with Crippen molar-refractivity contribution in [3.63, 3.8) is 0 Å². The van der Waals surface area contributed by atoms with Crippen molar-refractivity contribution in [2.24, 2.45) is 0 Å². The molecule has 2 fully saturated rings. The molecule has 2 N–H and O–H groups in total. The molecule has 4 amide bonds. The average Bonchev–Trinajstić information content (AvgIpc) is 3.20. The molecule has 8 heteroatoms. The molecule has 1 saturated heterocycles. The molecule has 0 aromatic carbocycles. The van der Waals surface area contributed by atoms with Gasteiger partial charge in [0, 0.05) is 19.2 Å². The number of carbonyl (C=O) groups is 3. The fraction of sp³-hybridized carbons (Fsp3) is 0.533. The maximum Gasteiger partial charge on any atom is 0.325 e. The summed E-state index contributed by atoms with van der Waals surface area (Å²) in [7, 11) is 0. The molecule has 1 saturated carbocycles. The van der Waals surface area contributed by atoms with Crippen LogP contribution in [-0.4, -0.2) is 41.4 Å². The highest BCUT2D eigenvalue weighted by atomic mass is 79.9. The molecule has 0 radical (unpaired) electrons. The third-order valence-corrected chi connectivity index (χ3v) is 4.79. The average molecular weight is 384 g/mol. The number of hydrogen-bond acceptors (Lipinski definition) is 4. The molecule has 23 heavy (non-hydrogen) atoms. The second-order valence-corrected chi connectivity index (χ2v) is 6.71. The first-order valence-electron chi connectivity index (χ1n) is 7.68. The molecule has 1 spiro atoms. The first-order valence-corrected chi connectivity index (χ1v) is 8.47. The van der Waals surface area contributed by atoms with Crippen molar-refractivity contribution in [2.45, 2.75) is 37.6 Å². The minimum atomic E-state index is -0.663. The van der Waals surface area contributed by atoms with E-state index in [0.29, 0.717) is 29.7 Å². The van der Waals surface area contributed by atoms with Crippen LogP contribution in [0, 0.1) is 0 Å². The van der Waals surface area contributed by atoms with E-state index < -0.39 is 5.54 Å². The highest BCUT2D eigenvalue weighted by molar-refractivity contribution is 9.10. The lowest BCUT2D eigenvalue weighted by atomic mass is 9.98. The number of imide groups is 1. The van der Waals surface area contributed by atoms with E-state index in [1.165, 1.54) is 11.2 Å². The van der Waals surface area contributed by atoms with Crippen LogP contribution < -0.4 is 10.6 Å². The number of hydrogen-bond donors (Lipinski definition) is 2. The Morgan fingerprint density at radius 2 is 2.13 bits per heavy atom. The molecule has 2 heterocycles. The van der Waals surface area contributed by atoms with E-state index in [-0.39, 0.29) is 17.8 Å². The Bertz CT molecular complexity index is 636. The monoisotopic (exact) mass is 383 g/mol. The summed E-state index contributed by atoms with van der Waals surface area (Å²) in [5.41, 5.74) is -0.236. The summed E-state index contributed by atoms with van der Waals surface area (Å²) >= 11 is 3.13. The molecule has 124 valence electrons. The van der Waals surface area contributed by atoms with Crippen molar-refractivity contribution >= 4 is 33.8 Å². The van der Waals surface area contributed by atoms with Gasteiger partial charge >= 0.3 is 6.03 Å². The smallest absolute Gasteiger partial charge is 0.325 e. The summed E-state index contributed by atoms with van der Waals surface area (Å²) in [5.74, 6) is -0.367. The third kappa shape index (κ3) is 3.12. The second kappa shape index (κ2) is 6.35. The second-order valence-electron chi connectivity index (χ2n) is 5.93. The topological polar surface area (TPSA) is 91.7 Å². The Morgan fingerprint density at radius 3 is 2.78 bits per heavy atom. The predicted molar refractivity (Wildman–Crippen MR) is 84.8 cm³/mol. The number of amides is 4. The standard InChI is InChI=1S/C15H18BrN3O4/c16-11-8-10(9-23-11)12(20)17-6-3-7-19-13(21)15(18-14(19)22)4-1-2-5-15/h8-9H,1-7H2,(H,17,20)(H,18,22). The van der Waals surface area contributed by atoms with Gasteiger partial charge in [0.2, 0.25) is 0 Å². The minimum Gasteiger partial charge on any atom is -0.457 e. The molecule has 1 aliphatic carbocycles. The lowest BCUT2D eigenvalue weighted by molar-refractivity contribution is -0.131. The summed E-state index contributed by atoms with van der Waals surface area (Å²) in [6.45, 7) is 0.688. The Hall–Kier alpha value is -1.83. The van der Waals surface area contributed by atoms with Crippen LogP contribution in [0.2, 0.25) is 0 Å². The van der Waals surface area contributed by atoms with Gasteiger partial charge in [0.05, 0.1) is 5.56 Å². The molecule has 7 nitrogen and oxygen atoms in total. The number of furan rings is 1. The summed E-state index contributed by atoms with van der Waals surface area (Å²) < 4.78 is 5.49. The summed E-state index contributed by atoms with van der Waals surface area (Å²) in [6.07, 6.45) is 5.26. The molecular weight excluding hydrogens is 366 g/mol. The van der Waals surface area contributed by atoms with Gasteiger partial charge in [-0.15, -0.1) is 0 Å². The Morgan fingerprint density at radius 1 is 1.39 bits per heavy atom. The van der Waals surface area contributed by atoms with E-state index in [4.69, 9.17) is 4.42 Å². The van der Waals surface area contributed by atoms with Crippen LogP contribution in [0.1, 0.15) is 42.5 Å². The first kappa shape index (κ1) is 16.0. The van der Waals surface area contributed by atoms with Crippen molar-refractivity contribution in [3.05, 3.63) is 22.6 Å². The minimum absolute atomic E-state index is 0.120. The lowest BCUT2D eigenvalue weighted by Crippen LogP contribution is -2.44. The lowest BCUT2D eigenvalue weighted by Gasteiger charge is -2.20. The van der Waals surface area contributed by atoms with Gasteiger partial charge in [-0.3, -0.25) is 14.5 Å². The molecule has 2 aliphatic rings. The maximum atomic E-state index is 12.4. The van der Waals surface area contributed by atoms with Gasteiger partial charge < -0.3 is 15.1 Å². The number of nitrogens with one attached hydrogen (secondary N) is 2. The molecule has 1 aromatic heterocycles. The molecule has 1 aliphatic heterocycles. The summed E-state index contributed by atoms with van der Waals surface area (Å²) in [5, 5.41) is 5.58. The SMILES string of the molecule is O=C(NCCCN1C(=O)NC2(CCCC2)C1=O)c1coc(Br)c1. The van der Waals surface area contributed by atoms with Crippen molar-refractivity contribution in [3.8, 4) is 0 Å². The number of rotatable bonds is 5. The van der Waals surface area contributed by atoms with Crippen LogP contribution >= 0.6 is 15.9 Å². The Labute approximate surface area is 141 Å². The largest absolute Gasteiger partial charge is 0.457 e. The fourth-order valence-electron chi connectivity index (χ4n) is 3.17. The normalized spacial score (nSPS) is 19.4. The number of nitrogens with zero attached hydrogens (tertiary/aromatic N) is 1. The van der Waals surface area contributed by atoms with Crippen molar-refractivity contribution in [1.82, 2.24) is 15.5 Å². The van der Waals surface area contributed by atoms with Gasteiger partial charge in [0.15, 0.2) is 4.67 Å². The van der Waals surface area contributed by atoms with Crippen molar-refractivity contribution in [2.75, 3.05) is 13.1 Å². The van der Waals surface area contributed by atoms with Gasteiger partial charge in [0.1, 0.15) is 11.8 Å². The highest BCUT2D eigenvalue weighted by Crippen LogP contribution is 2.34. The summed E-state index contributed by atoms with van der Waals surface area (Å²) in [6, 6.07) is 1.26. The zero-order chi connectivity index (χ0) is 16.4. The van der Waals surface area contributed by atoms with Crippen molar-refractivity contribution < 1.29 is 18.8 Å². The first-order chi connectivity index (χ1) is 11.0. The molecule has 0 bridgehead atoms. The van der Waals surface area contributed by atoms with Crippen LogP contribution in [0.5, 0.6) is 0 Å². The zero-order valence-corrected chi connectivity index (χ0v) is 14.1. The molecule has 0 atom stereocenters. The van der Waals surface area contributed by atoms with E-state index in [1.807, 2.05) is 0 Å². The quantitative estimate of drug-likeness (QED) is 0.600. The van der Waals surface area contributed by atoms with Crippen LogP contribution in [0.4, 0.5) is 4.79 Å². The van der Waals surface area contributed by atoms with Gasteiger partial charge in [0.25, 0.3) is 11.8 Å². The van der Waals surface area contributed by atoms with Crippen LogP contribution in [0.15, 0.2) is 21.4 Å². The molecule has 3 rings (SSSR count). The van der Waals surface area contributed by atoms with Crippen LogP contribution in [0.25, 0.3) is 0 Å². The Kier molecular flexibility index (Phi) is 4.43. The van der Waals surface area contributed by atoms with E-state index >= 15 is 0 Å². The van der Waals surface area contributed by atoms with E-state index in [0.717, 1.165) is 25.7 Å². The zero-order valence-electron chi connectivity index (χ0n) is 12.6. The van der Waals surface area contributed by atoms with Gasteiger partial charge in [-0.1, -0.05) is 12.8 Å². The molecule has 0 unspecified atom stereocenters. The van der Waals surface area contributed by atoms with E-state index in [2.05, 4.69) is 26.6 Å². The maximum absolute atomic E-state index is 12.4. The highest BCUT2D eigenvalue weighted by Gasteiger charge is 2.51. The third-order valence-electron chi connectivity index (χ3n) is 4.38. The molecule has 1 aromatic rings. The Balaban J connectivity index is 1.46. The van der Waals surface area contributed by atoms with Crippen LogP contribution in [0.3, 0.4) is 0 Å². The fourth-order valence-corrected chi connectivity index (χ4v) is 3.51. The van der Waals surface area contributed by atoms with E-state index in [9.17, 15) is 14.4 Å². The van der Waals surface area contributed by atoms with Gasteiger partial charge in [-0.2, -0.15) is 0 Å². The number of carbonyl (C=O) groups excluding carboxylic acids is 3. The summed E-state index contributed by atoms with van der Waals surface area (Å²) in [4.78, 5) is 37.5. The van der Waals surface area contributed by atoms with Gasteiger partial charge in [-0.25, -0.2) is 4.79 Å².